The van der Waals surface area contributed by atoms with Gasteiger partial charge in [0.05, 0.1) is 12.3 Å². The molecule has 0 radical (unpaired) electrons. The van der Waals surface area contributed by atoms with E-state index in [-0.39, 0.29) is 19.0 Å². The molecule has 260 valence electrons. The summed E-state index contributed by atoms with van der Waals surface area (Å²) >= 11 is 0. The zero-order valence-corrected chi connectivity index (χ0v) is 29.9. The molecule has 7 heteroatoms. The van der Waals surface area contributed by atoms with Crippen LogP contribution in [0.5, 0.6) is 11.5 Å². The molecule has 48 heavy (non-hydrogen) atoms. The van der Waals surface area contributed by atoms with E-state index >= 15 is 0 Å². The van der Waals surface area contributed by atoms with Crippen LogP contribution >= 0.6 is 0 Å². The molecule has 0 bridgehead atoms. The zero-order valence-electron chi connectivity index (χ0n) is 29.9. The number of amidine groups is 2. The molecule has 0 saturated heterocycles. The molecule has 0 aliphatic carbocycles. The van der Waals surface area contributed by atoms with Crippen molar-refractivity contribution in [2.75, 3.05) is 31.4 Å². The average molecular weight is 656 g/mol. The summed E-state index contributed by atoms with van der Waals surface area (Å²) in [6, 6.07) is 17.8. The van der Waals surface area contributed by atoms with Crippen LogP contribution in [0, 0.1) is 27.7 Å². The van der Waals surface area contributed by atoms with Crippen LogP contribution in [0.2, 0.25) is 0 Å². The zero-order chi connectivity index (χ0) is 34.3. The Balaban J connectivity index is 1.28. The molecule has 0 fully saturated rings. The molecule has 7 nitrogen and oxygen atoms in total. The minimum absolute atomic E-state index is 0.0531. The van der Waals surface area contributed by atoms with Gasteiger partial charge >= 0.3 is 0 Å². The van der Waals surface area contributed by atoms with E-state index in [0.717, 1.165) is 34.5 Å². The molecule has 1 aliphatic rings. The predicted octanol–water partition coefficient (Wildman–Crippen LogP) is 9.36. The van der Waals surface area contributed by atoms with E-state index in [2.05, 4.69) is 71.0 Å². The number of aromatic hydroxyl groups is 1. The minimum Gasteiger partial charge on any atom is -0.506 e. The Bertz CT molecular complexity index is 1520. The average Bonchev–Trinajstić information content (AvgIpc) is 3.06. The quantitative estimate of drug-likeness (QED) is 0.119. The van der Waals surface area contributed by atoms with Crippen molar-refractivity contribution in [1.82, 2.24) is 0 Å². The van der Waals surface area contributed by atoms with E-state index in [1.165, 1.54) is 75.3 Å². The third kappa shape index (κ3) is 11.2. The van der Waals surface area contributed by atoms with Crippen molar-refractivity contribution in [2.45, 2.75) is 111 Å². The number of ether oxygens (including phenoxy) is 2. The number of nitrogens with zero attached hydrogens (tertiary/aromatic N) is 3. The molecule has 2 N–H and O–H groups in total. The number of aliphatic imine (C=N–C) groups is 2. The normalized spacial score (nSPS) is 13.8. The maximum Gasteiger partial charge on any atom is 0.159 e. The van der Waals surface area contributed by atoms with Gasteiger partial charge in [-0.05, 0) is 57.4 Å². The highest BCUT2D eigenvalue weighted by atomic mass is 16.5. The van der Waals surface area contributed by atoms with Gasteiger partial charge in [-0.2, -0.15) is 0 Å². The lowest BCUT2D eigenvalue weighted by Crippen LogP contribution is -2.37. The van der Waals surface area contributed by atoms with Gasteiger partial charge < -0.3 is 24.6 Å². The molecule has 3 aromatic carbocycles. The molecule has 1 heterocycles. The van der Waals surface area contributed by atoms with Gasteiger partial charge in [-0.15, -0.1) is 0 Å². The fourth-order valence-corrected chi connectivity index (χ4v) is 6.22. The van der Waals surface area contributed by atoms with Gasteiger partial charge in [0, 0.05) is 23.8 Å². The number of unbranched alkanes of at least 4 members (excludes halogenated alkanes) is 10. The lowest BCUT2D eigenvalue weighted by molar-refractivity contribution is 0.0109. The lowest BCUT2D eigenvalue weighted by atomic mass is 10.0. The van der Waals surface area contributed by atoms with Gasteiger partial charge in [-0.1, -0.05) is 119 Å². The van der Waals surface area contributed by atoms with Gasteiger partial charge in [-0.25, -0.2) is 9.98 Å². The van der Waals surface area contributed by atoms with E-state index in [0.29, 0.717) is 30.5 Å². The lowest BCUT2D eigenvalue weighted by Gasteiger charge is -2.30. The number of hydrogen-bond donors (Lipinski definition) is 2. The van der Waals surface area contributed by atoms with Gasteiger partial charge in [0.1, 0.15) is 36.7 Å². The van der Waals surface area contributed by atoms with E-state index in [9.17, 15) is 10.2 Å². The second-order valence-corrected chi connectivity index (χ2v) is 13.3. The van der Waals surface area contributed by atoms with E-state index < -0.39 is 6.10 Å². The minimum atomic E-state index is -0.747. The third-order valence-electron chi connectivity index (χ3n) is 8.96. The molecule has 1 unspecified atom stereocenters. The SMILES string of the molecule is CCCCCCCCCCCCCOCC(O)COc1ccc(N2CN=C(c3ccc(C)cc3C)N=C2c2ccc(C)cc2C)c(O)c1. The number of aryl methyl sites for hydroxylation is 4. The Labute approximate surface area is 288 Å². The number of benzene rings is 3. The summed E-state index contributed by atoms with van der Waals surface area (Å²) in [5.74, 6) is 1.93. The first-order valence-corrected chi connectivity index (χ1v) is 18.0. The maximum absolute atomic E-state index is 11.2. The van der Waals surface area contributed by atoms with Crippen LogP contribution in [0.1, 0.15) is 111 Å². The van der Waals surface area contributed by atoms with Crippen LogP contribution in [-0.2, 0) is 4.74 Å². The maximum atomic E-state index is 11.2. The highest BCUT2D eigenvalue weighted by Gasteiger charge is 2.25. The van der Waals surface area contributed by atoms with Crippen molar-refractivity contribution in [1.29, 1.82) is 0 Å². The summed E-state index contributed by atoms with van der Waals surface area (Å²) in [5.41, 5.74) is 7.15. The monoisotopic (exact) mass is 655 g/mol. The van der Waals surface area contributed by atoms with Crippen LogP contribution in [0.3, 0.4) is 0 Å². The second-order valence-electron chi connectivity index (χ2n) is 13.3. The third-order valence-corrected chi connectivity index (χ3v) is 8.96. The van der Waals surface area contributed by atoms with Crippen LogP contribution < -0.4 is 9.64 Å². The predicted molar refractivity (Wildman–Crippen MR) is 199 cm³/mol. The summed E-state index contributed by atoms with van der Waals surface area (Å²) in [5, 5.41) is 21.6. The van der Waals surface area contributed by atoms with Gasteiger partial charge in [0.15, 0.2) is 5.84 Å². The number of phenols is 1. The van der Waals surface area contributed by atoms with Crippen molar-refractivity contribution in [3.63, 3.8) is 0 Å². The summed E-state index contributed by atoms with van der Waals surface area (Å²) in [4.78, 5) is 11.8. The smallest absolute Gasteiger partial charge is 0.159 e. The van der Waals surface area contributed by atoms with Crippen molar-refractivity contribution in [2.24, 2.45) is 9.98 Å². The Morgan fingerprint density at radius 3 is 1.94 bits per heavy atom. The number of aliphatic hydroxyl groups excluding tert-OH is 1. The summed E-state index contributed by atoms with van der Waals surface area (Å²) in [7, 11) is 0. The first-order valence-electron chi connectivity index (χ1n) is 18.0. The highest BCUT2D eigenvalue weighted by molar-refractivity contribution is 6.20. The van der Waals surface area contributed by atoms with E-state index in [4.69, 9.17) is 19.5 Å². The van der Waals surface area contributed by atoms with Crippen LogP contribution in [0.15, 0.2) is 64.6 Å². The molecule has 1 aliphatic heterocycles. The molecule has 0 spiro atoms. The first-order chi connectivity index (χ1) is 23.3. The molecule has 4 rings (SSSR count). The Morgan fingerprint density at radius 2 is 1.33 bits per heavy atom. The number of rotatable bonds is 20. The van der Waals surface area contributed by atoms with E-state index in [1.807, 2.05) is 11.0 Å². The van der Waals surface area contributed by atoms with Crippen molar-refractivity contribution in [3.05, 3.63) is 88.0 Å². The van der Waals surface area contributed by atoms with Gasteiger partial charge in [0.2, 0.25) is 0 Å². The molecule has 0 aromatic heterocycles. The topological polar surface area (TPSA) is 86.9 Å². The second kappa shape index (κ2) is 19.4. The summed E-state index contributed by atoms with van der Waals surface area (Å²) in [6.45, 7) is 11.8. The van der Waals surface area contributed by atoms with Crippen molar-refractivity contribution >= 4 is 17.4 Å². The highest BCUT2D eigenvalue weighted by Crippen LogP contribution is 2.34. The molecule has 3 aromatic rings. The molecular weight excluding hydrogens is 598 g/mol. The fourth-order valence-electron chi connectivity index (χ4n) is 6.22. The first kappa shape index (κ1) is 37.1. The van der Waals surface area contributed by atoms with Crippen molar-refractivity contribution in [3.8, 4) is 11.5 Å². The Hall–Kier alpha value is -3.68. The molecule has 1 atom stereocenters. The number of aliphatic hydroxyl groups is 1. The Morgan fingerprint density at radius 1 is 0.729 bits per heavy atom. The fraction of sp³-hybridized carbons (Fsp3) is 0.512. The van der Waals surface area contributed by atoms with Crippen LogP contribution in [-0.4, -0.2) is 54.5 Å². The van der Waals surface area contributed by atoms with Gasteiger partial charge in [0.25, 0.3) is 0 Å². The number of hydrogen-bond acceptors (Lipinski definition) is 7. The summed E-state index contributed by atoms with van der Waals surface area (Å²) in [6.07, 6.45) is 13.5. The van der Waals surface area contributed by atoms with Gasteiger partial charge in [-0.3, -0.25) is 0 Å². The number of phenolic OH excluding ortho intramolecular Hbond substituents is 1. The molecule has 0 amide bonds. The Kier molecular flexibility index (Phi) is 15.0. The standard InChI is InChI=1S/C41H57N3O4/c1-6-7-8-9-10-11-12-13-14-15-16-23-47-27-34(45)28-48-35-19-22-38(39(46)26-35)44-29-42-40(36-20-17-30(2)24-32(36)4)43-41(44)37-21-18-31(3)25-33(37)5/h17-22,24-26,34,45-46H,6-16,23,27-29H2,1-5H3. The van der Waals surface area contributed by atoms with Crippen LogP contribution in [0.4, 0.5) is 5.69 Å². The van der Waals surface area contributed by atoms with Crippen molar-refractivity contribution < 1.29 is 19.7 Å². The molecular formula is C41H57N3O4. The summed E-state index contributed by atoms with van der Waals surface area (Å²) < 4.78 is 11.5. The molecule has 0 saturated carbocycles. The number of anilines is 1. The largest absolute Gasteiger partial charge is 0.506 e. The van der Waals surface area contributed by atoms with E-state index in [1.54, 1.807) is 12.1 Å². The van der Waals surface area contributed by atoms with Crippen LogP contribution in [0.25, 0.3) is 0 Å².